The lowest BCUT2D eigenvalue weighted by molar-refractivity contribution is -0.140. The Kier molecular flexibility index (Phi) is 6.73. The van der Waals surface area contributed by atoms with Gasteiger partial charge in [-0.15, -0.1) is 11.8 Å². The van der Waals surface area contributed by atoms with E-state index < -0.39 is 29.0 Å². The van der Waals surface area contributed by atoms with Crippen LogP contribution in [-0.4, -0.2) is 25.0 Å². The maximum atomic E-state index is 12.9. The van der Waals surface area contributed by atoms with Gasteiger partial charge >= 0.3 is 12.1 Å². The van der Waals surface area contributed by atoms with Crippen molar-refractivity contribution in [2.24, 2.45) is 0 Å². The molecule has 0 spiro atoms. The van der Waals surface area contributed by atoms with Crippen molar-refractivity contribution in [2.45, 2.75) is 13.1 Å². The predicted molar refractivity (Wildman–Crippen MR) is 63.5 cm³/mol. The van der Waals surface area contributed by atoms with Crippen LogP contribution in [0.4, 0.5) is 13.2 Å². The van der Waals surface area contributed by atoms with Crippen molar-refractivity contribution in [1.29, 1.82) is 5.26 Å². The zero-order valence-corrected chi connectivity index (χ0v) is 10.9. The molecule has 0 aromatic heterocycles. The molecule has 0 aromatic carbocycles. The number of alkyl halides is 3. The molecule has 0 aliphatic carbocycles. The van der Waals surface area contributed by atoms with Gasteiger partial charge in [-0.25, -0.2) is 14.9 Å². The van der Waals surface area contributed by atoms with E-state index in [0.29, 0.717) is 0 Å². The maximum absolute atomic E-state index is 12.9. The maximum Gasteiger partial charge on any atom is 0.409 e. The summed E-state index contributed by atoms with van der Waals surface area (Å²) in [6.45, 7) is 7.92. The van der Waals surface area contributed by atoms with E-state index >= 15 is 0 Å². The summed E-state index contributed by atoms with van der Waals surface area (Å²) in [5.41, 5.74) is -3.60. The van der Waals surface area contributed by atoms with Crippen molar-refractivity contribution in [3.63, 3.8) is 0 Å². The molecule has 0 N–H and O–H groups in total. The number of carbonyl (C=O) groups excluding carboxylic acids is 1. The Hall–Kier alpha value is -1.93. The quantitative estimate of drug-likeness (QED) is 0.262. The summed E-state index contributed by atoms with van der Waals surface area (Å²) in [4.78, 5) is 14.0. The predicted octanol–water partition coefficient (Wildman–Crippen LogP) is 3.06. The lowest BCUT2D eigenvalue weighted by atomic mass is 10.1. The molecule has 0 aromatic rings. The second kappa shape index (κ2) is 7.49. The number of rotatable bonds is 4. The van der Waals surface area contributed by atoms with Gasteiger partial charge in [-0.05, 0) is 18.6 Å². The summed E-state index contributed by atoms with van der Waals surface area (Å²) in [5.74, 6) is -1.22. The third-order valence-corrected chi connectivity index (χ3v) is 2.21. The average Bonchev–Trinajstić information content (AvgIpc) is 2.32. The smallest absolute Gasteiger partial charge is 0.409 e. The van der Waals surface area contributed by atoms with Crippen LogP contribution < -0.4 is 0 Å². The number of carbonyl (C=O) groups is 1. The van der Waals surface area contributed by atoms with Crippen molar-refractivity contribution in [2.75, 3.05) is 12.9 Å². The third-order valence-electron chi connectivity index (χ3n) is 1.74. The summed E-state index contributed by atoms with van der Waals surface area (Å²) >= 11 is 0.837. The summed E-state index contributed by atoms with van der Waals surface area (Å²) in [7, 11) is 0. The highest BCUT2D eigenvalue weighted by atomic mass is 32.2. The van der Waals surface area contributed by atoms with Gasteiger partial charge in [-0.2, -0.15) is 13.2 Å². The number of hydrogen-bond donors (Lipinski definition) is 0. The van der Waals surface area contributed by atoms with Gasteiger partial charge in [-0.3, -0.25) is 0 Å². The van der Waals surface area contributed by atoms with Crippen molar-refractivity contribution in [3.8, 4) is 6.07 Å². The number of nitrogens with zero attached hydrogens (tertiary/aromatic N) is 2. The van der Waals surface area contributed by atoms with Crippen LogP contribution in [0.3, 0.4) is 0 Å². The van der Waals surface area contributed by atoms with Crippen LogP contribution in [-0.2, 0) is 9.53 Å². The van der Waals surface area contributed by atoms with Crippen LogP contribution >= 0.6 is 11.8 Å². The van der Waals surface area contributed by atoms with Crippen molar-refractivity contribution in [1.82, 2.24) is 0 Å². The van der Waals surface area contributed by atoms with Gasteiger partial charge in [0, 0.05) is 0 Å². The number of hydrogen-bond acceptors (Lipinski definition) is 4. The minimum atomic E-state index is -5.00. The second-order valence-electron chi connectivity index (χ2n) is 2.93. The Bertz CT molecular complexity index is 480. The zero-order chi connectivity index (χ0) is 15.1. The first-order chi connectivity index (χ1) is 8.83. The molecule has 102 valence electrons. The molecular formula is C11H9F3N2O2S. The zero-order valence-electron chi connectivity index (χ0n) is 10.0. The van der Waals surface area contributed by atoms with Crippen LogP contribution in [0.1, 0.15) is 6.92 Å². The second-order valence-corrected chi connectivity index (χ2v) is 3.64. The van der Waals surface area contributed by atoms with E-state index in [2.05, 4.69) is 9.58 Å². The van der Waals surface area contributed by atoms with Crippen LogP contribution in [0.25, 0.3) is 4.85 Å². The Morgan fingerprint density at radius 1 is 1.58 bits per heavy atom. The minimum Gasteiger partial charge on any atom is -0.462 e. The lowest BCUT2D eigenvalue weighted by Crippen LogP contribution is -2.21. The largest absolute Gasteiger partial charge is 0.462 e. The van der Waals surface area contributed by atoms with Gasteiger partial charge in [0.05, 0.1) is 30.4 Å². The molecule has 19 heavy (non-hydrogen) atoms. The normalized spacial score (nSPS) is 13.1. The molecule has 0 atom stereocenters. The summed E-state index contributed by atoms with van der Waals surface area (Å²) in [6, 6.07) is 1.14. The SMILES string of the molecule is [C-]#[N+]C(C#N)=C(C(=CSC)C(=O)OCC)C(F)(F)F. The third kappa shape index (κ3) is 4.68. The van der Waals surface area contributed by atoms with Crippen molar-refractivity contribution >= 4 is 17.7 Å². The number of thioether (sulfide) groups is 1. The van der Waals surface area contributed by atoms with Gasteiger partial charge in [-0.1, -0.05) is 0 Å². The van der Waals surface area contributed by atoms with E-state index in [1.54, 1.807) is 0 Å². The Morgan fingerprint density at radius 2 is 2.16 bits per heavy atom. The lowest BCUT2D eigenvalue weighted by Gasteiger charge is -2.14. The number of allylic oxidation sites excluding steroid dienone is 1. The van der Waals surface area contributed by atoms with E-state index in [0.717, 1.165) is 23.2 Å². The van der Waals surface area contributed by atoms with E-state index in [1.165, 1.54) is 13.2 Å². The van der Waals surface area contributed by atoms with Crippen LogP contribution in [0.5, 0.6) is 0 Å². The first-order valence-corrected chi connectivity index (χ1v) is 6.11. The standard InChI is InChI=1S/C11H9F3N2O2S/c1-4-18-10(17)7(6-19-3)9(11(12,13)14)8(5-15)16-2/h6H,4H2,1,3H3. The van der Waals surface area contributed by atoms with E-state index in [-0.39, 0.29) is 6.61 Å². The number of nitriles is 1. The fourth-order valence-electron chi connectivity index (χ4n) is 1.09. The first kappa shape index (κ1) is 17.1. The molecule has 0 radical (unpaired) electrons. The number of esters is 1. The molecule has 0 amide bonds. The number of ether oxygens (including phenoxy) is 1. The monoisotopic (exact) mass is 290 g/mol. The highest BCUT2D eigenvalue weighted by Gasteiger charge is 2.41. The fourth-order valence-corrected chi connectivity index (χ4v) is 1.54. The first-order valence-electron chi connectivity index (χ1n) is 4.82. The highest BCUT2D eigenvalue weighted by Crippen LogP contribution is 2.35. The van der Waals surface area contributed by atoms with Gasteiger partial charge in [0.25, 0.3) is 5.70 Å². The molecule has 0 aliphatic rings. The summed E-state index contributed by atoms with van der Waals surface area (Å²) in [6.07, 6.45) is -3.55. The molecule has 0 bridgehead atoms. The van der Waals surface area contributed by atoms with Crippen molar-refractivity contribution < 1.29 is 22.7 Å². The summed E-state index contributed by atoms with van der Waals surface area (Å²) in [5, 5.41) is 9.49. The highest BCUT2D eigenvalue weighted by molar-refractivity contribution is 8.01. The molecule has 0 saturated carbocycles. The molecule has 8 heteroatoms. The van der Waals surface area contributed by atoms with E-state index in [1.807, 2.05) is 0 Å². The van der Waals surface area contributed by atoms with Gasteiger partial charge < -0.3 is 4.74 Å². The molecule has 0 saturated heterocycles. The number of halogens is 3. The molecule has 0 unspecified atom stereocenters. The van der Waals surface area contributed by atoms with Gasteiger partial charge in [0.1, 0.15) is 0 Å². The van der Waals surface area contributed by atoms with Crippen LogP contribution in [0.2, 0.25) is 0 Å². The van der Waals surface area contributed by atoms with Gasteiger partial charge in [0.15, 0.2) is 0 Å². The van der Waals surface area contributed by atoms with Crippen molar-refractivity contribution in [3.05, 3.63) is 33.7 Å². The van der Waals surface area contributed by atoms with Crippen LogP contribution in [0.15, 0.2) is 22.3 Å². The Labute approximate surface area is 112 Å². The molecule has 4 nitrogen and oxygen atoms in total. The fraction of sp³-hybridized carbons (Fsp3) is 0.364. The topological polar surface area (TPSA) is 54.5 Å². The molecular weight excluding hydrogens is 281 g/mol. The Balaban J connectivity index is 6.07. The minimum absolute atomic E-state index is 0.115. The average molecular weight is 290 g/mol. The Morgan fingerprint density at radius 3 is 2.47 bits per heavy atom. The van der Waals surface area contributed by atoms with E-state index in [4.69, 9.17) is 11.8 Å². The van der Waals surface area contributed by atoms with Crippen LogP contribution in [0, 0.1) is 17.9 Å². The summed E-state index contributed by atoms with van der Waals surface area (Å²) < 4.78 is 43.2. The van der Waals surface area contributed by atoms with Gasteiger partial charge in [0.2, 0.25) is 0 Å². The molecule has 0 aliphatic heterocycles. The molecule has 0 rings (SSSR count). The molecule has 0 heterocycles. The molecule has 0 fully saturated rings. The van der Waals surface area contributed by atoms with E-state index in [9.17, 15) is 18.0 Å².